The van der Waals surface area contributed by atoms with Gasteiger partial charge in [0.2, 0.25) is 0 Å². The van der Waals surface area contributed by atoms with Gasteiger partial charge in [-0.25, -0.2) is 14.2 Å². The number of fused-ring (bicyclic) bond motifs is 1. The van der Waals surface area contributed by atoms with Crippen molar-refractivity contribution in [1.82, 2.24) is 14.6 Å². The Kier molecular flexibility index (Phi) is 7.77. The number of benzene rings is 2. The highest BCUT2D eigenvalue weighted by Crippen LogP contribution is 2.41. The fourth-order valence-corrected chi connectivity index (χ4v) is 5.79. The lowest BCUT2D eigenvalue weighted by Crippen LogP contribution is -2.51. The molecule has 2 aliphatic rings. The van der Waals surface area contributed by atoms with E-state index in [1.807, 2.05) is 28.8 Å². The average Bonchev–Trinajstić information content (AvgIpc) is 3.26. The van der Waals surface area contributed by atoms with E-state index < -0.39 is 11.8 Å². The second-order valence-corrected chi connectivity index (χ2v) is 10.2. The number of ether oxygens (including phenoxy) is 1. The van der Waals surface area contributed by atoms with Crippen LogP contribution in [0.5, 0.6) is 5.75 Å². The lowest BCUT2D eigenvalue weighted by Gasteiger charge is -2.39. The fourth-order valence-electron chi connectivity index (χ4n) is 5.54. The highest BCUT2D eigenvalue weighted by molar-refractivity contribution is 6.32. The second kappa shape index (κ2) is 11.2. The molecule has 0 unspecified atom stereocenters. The number of carbonyl (C=O) groups excluding carboxylic acids is 1. The zero-order valence-corrected chi connectivity index (χ0v) is 22.8. The van der Waals surface area contributed by atoms with Crippen LogP contribution in [-0.4, -0.2) is 58.3 Å². The number of piperidine rings is 1. The number of nitrogens with zero attached hydrogens (tertiary/aromatic N) is 3. The summed E-state index contributed by atoms with van der Waals surface area (Å²) in [5.74, 6) is -1.03. The molecule has 1 fully saturated rings. The van der Waals surface area contributed by atoms with Crippen LogP contribution < -0.4 is 4.74 Å². The van der Waals surface area contributed by atoms with Crippen molar-refractivity contribution < 1.29 is 23.8 Å². The summed E-state index contributed by atoms with van der Waals surface area (Å²) >= 11 is 6.60. The van der Waals surface area contributed by atoms with Crippen LogP contribution >= 0.6 is 11.6 Å². The third-order valence-corrected chi connectivity index (χ3v) is 7.78. The van der Waals surface area contributed by atoms with Crippen molar-refractivity contribution in [2.24, 2.45) is 0 Å². The number of carbonyl (C=O) groups is 2. The normalized spacial score (nSPS) is 16.4. The zero-order chi connectivity index (χ0) is 27.7. The topological polar surface area (TPSA) is 75.0 Å². The van der Waals surface area contributed by atoms with E-state index in [0.29, 0.717) is 41.2 Å². The quantitative estimate of drug-likeness (QED) is 0.353. The number of hydrazine groups is 1. The Bertz CT molecular complexity index is 1440. The van der Waals surface area contributed by atoms with Crippen LogP contribution in [0.2, 0.25) is 5.02 Å². The molecule has 1 amide bonds. The monoisotopic (exact) mass is 551 g/mol. The number of hydrogen-bond donors (Lipinski definition) is 1. The van der Waals surface area contributed by atoms with E-state index in [4.69, 9.17) is 16.3 Å². The van der Waals surface area contributed by atoms with Crippen molar-refractivity contribution in [3.63, 3.8) is 0 Å². The maximum absolute atomic E-state index is 14.2. The molecule has 3 heterocycles. The van der Waals surface area contributed by atoms with E-state index in [2.05, 4.69) is 5.01 Å². The maximum atomic E-state index is 14.2. The first-order chi connectivity index (χ1) is 18.8. The number of hydrogen-bond acceptors (Lipinski definition) is 4. The number of rotatable bonds is 7. The predicted octanol–water partition coefficient (Wildman–Crippen LogP) is 6.22. The first-order valence-corrected chi connectivity index (χ1v) is 13.6. The summed E-state index contributed by atoms with van der Waals surface area (Å²) in [5, 5.41) is 14.0. The molecule has 3 aromatic rings. The van der Waals surface area contributed by atoms with Crippen LogP contribution in [0.4, 0.5) is 4.39 Å². The van der Waals surface area contributed by atoms with Gasteiger partial charge in [-0.3, -0.25) is 9.80 Å². The molecular weight excluding hydrogens is 521 g/mol. The summed E-state index contributed by atoms with van der Waals surface area (Å²) in [6.07, 6.45) is 5.58. The van der Waals surface area contributed by atoms with Gasteiger partial charge in [-0.15, -0.1) is 0 Å². The van der Waals surface area contributed by atoms with Gasteiger partial charge in [-0.2, -0.15) is 0 Å². The van der Waals surface area contributed by atoms with E-state index in [-0.39, 0.29) is 22.9 Å². The summed E-state index contributed by atoms with van der Waals surface area (Å²) < 4.78 is 21.3. The molecule has 0 radical (unpaired) electrons. The SMILES string of the molecule is CCC(=Cc1c2c(n(-c3ccc(F)cc3Cl)c1-c1ccc(OC)cc1)CCN(N1CCCCC1)C2=O)C(=O)O. The zero-order valence-electron chi connectivity index (χ0n) is 22.0. The lowest BCUT2D eigenvalue weighted by molar-refractivity contribution is -0.132. The number of aliphatic carboxylic acids is 1. The van der Waals surface area contributed by atoms with Gasteiger partial charge in [0.15, 0.2) is 0 Å². The van der Waals surface area contributed by atoms with Crippen LogP contribution in [0.15, 0.2) is 48.0 Å². The van der Waals surface area contributed by atoms with Gasteiger partial charge in [0, 0.05) is 42.9 Å². The Morgan fingerprint density at radius 3 is 2.44 bits per heavy atom. The molecule has 0 bridgehead atoms. The molecule has 0 spiro atoms. The number of aromatic nitrogens is 1. The molecule has 2 aliphatic heterocycles. The Hall–Kier alpha value is -3.62. The highest BCUT2D eigenvalue weighted by Gasteiger charge is 2.37. The minimum Gasteiger partial charge on any atom is -0.497 e. The fraction of sp³-hybridized carbons (Fsp3) is 0.333. The molecule has 1 N–H and O–H groups in total. The van der Waals surface area contributed by atoms with Gasteiger partial charge in [0.05, 0.1) is 29.1 Å². The van der Waals surface area contributed by atoms with Gasteiger partial charge in [0.1, 0.15) is 11.6 Å². The number of methoxy groups -OCH3 is 1. The van der Waals surface area contributed by atoms with Gasteiger partial charge >= 0.3 is 5.97 Å². The van der Waals surface area contributed by atoms with E-state index in [1.54, 1.807) is 31.2 Å². The molecule has 1 aromatic heterocycles. The van der Waals surface area contributed by atoms with Crippen molar-refractivity contribution in [2.45, 2.75) is 39.0 Å². The van der Waals surface area contributed by atoms with Gasteiger partial charge in [0.25, 0.3) is 5.91 Å². The number of carboxylic acid groups (broad SMARTS) is 1. The van der Waals surface area contributed by atoms with Crippen molar-refractivity contribution in [3.05, 3.63) is 75.7 Å². The number of halogens is 2. The van der Waals surface area contributed by atoms with Crippen LogP contribution in [0, 0.1) is 5.82 Å². The van der Waals surface area contributed by atoms with E-state index >= 15 is 0 Å². The molecule has 9 heteroatoms. The summed E-state index contributed by atoms with van der Waals surface area (Å²) in [6, 6.07) is 11.5. The van der Waals surface area contributed by atoms with E-state index in [1.165, 1.54) is 12.1 Å². The molecule has 1 saturated heterocycles. The van der Waals surface area contributed by atoms with Crippen LogP contribution in [-0.2, 0) is 11.2 Å². The lowest BCUT2D eigenvalue weighted by atomic mass is 9.97. The smallest absolute Gasteiger partial charge is 0.331 e. The first kappa shape index (κ1) is 27.0. The molecule has 0 saturated carbocycles. The maximum Gasteiger partial charge on any atom is 0.331 e. The summed E-state index contributed by atoms with van der Waals surface area (Å²) in [5.41, 5.74) is 3.75. The molecule has 0 aliphatic carbocycles. The number of amides is 1. The average molecular weight is 552 g/mol. The number of carboxylic acids is 1. The minimum absolute atomic E-state index is 0.169. The Balaban J connectivity index is 1.83. The van der Waals surface area contributed by atoms with Gasteiger partial charge in [-0.1, -0.05) is 24.9 Å². The summed E-state index contributed by atoms with van der Waals surface area (Å²) in [7, 11) is 1.58. The Labute approximate surface area is 232 Å². The predicted molar refractivity (Wildman–Crippen MR) is 149 cm³/mol. The summed E-state index contributed by atoms with van der Waals surface area (Å²) in [6.45, 7) is 3.86. The Morgan fingerprint density at radius 2 is 1.82 bits per heavy atom. The third-order valence-electron chi connectivity index (χ3n) is 7.48. The van der Waals surface area contributed by atoms with Crippen LogP contribution in [0.1, 0.15) is 54.2 Å². The second-order valence-electron chi connectivity index (χ2n) is 9.76. The molecule has 5 rings (SSSR count). The molecule has 204 valence electrons. The van der Waals surface area contributed by atoms with E-state index in [0.717, 1.165) is 43.6 Å². The largest absolute Gasteiger partial charge is 0.497 e. The standard InChI is InChI=1S/C30H31ClFN3O4/c1-3-19(30(37)38)17-23-27-26(13-16-34(29(27)36)33-14-5-4-6-15-33)35(25-12-9-21(32)18-24(25)31)28(23)20-7-10-22(39-2)11-8-20/h7-12,17-18H,3-6,13-16H2,1-2H3,(H,37,38). The Morgan fingerprint density at radius 1 is 1.10 bits per heavy atom. The minimum atomic E-state index is -1.05. The molecule has 39 heavy (non-hydrogen) atoms. The van der Waals surface area contributed by atoms with Crippen molar-refractivity contribution in [3.8, 4) is 22.7 Å². The molecule has 2 aromatic carbocycles. The highest BCUT2D eigenvalue weighted by atomic mass is 35.5. The van der Waals surface area contributed by atoms with Crippen LogP contribution in [0.25, 0.3) is 23.0 Å². The van der Waals surface area contributed by atoms with Crippen molar-refractivity contribution >= 4 is 29.6 Å². The van der Waals surface area contributed by atoms with Crippen molar-refractivity contribution in [1.29, 1.82) is 0 Å². The molecule has 7 nitrogen and oxygen atoms in total. The first-order valence-electron chi connectivity index (χ1n) is 13.2. The van der Waals surface area contributed by atoms with Gasteiger partial charge < -0.3 is 14.4 Å². The van der Waals surface area contributed by atoms with Crippen LogP contribution in [0.3, 0.4) is 0 Å². The molecule has 0 atom stereocenters. The van der Waals surface area contributed by atoms with Crippen molar-refractivity contribution in [2.75, 3.05) is 26.7 Å². The van der Waals surface area contributed by atoms with E-state index in [9.17, 15) is 19.1 Å². The molecular formula is C30H31ClFN3O4. The van der Waals surface area contributed by atoms with Gasteiger partial charge in [-0.05, 0) is 73.4 Å². The third kappa shape index (κ3) is 5.06. The summed E-state index contributed by atoms with van der Waals surface area (Å²) in [4.78, 5) is 26.4.